The standard InChI is InChI=1S/C24H21ClFN3O3S/c1-3-32-20-9-14(4-5-17(20)24(30)31)19-11-21(29-12-28-19)27-7-6-16-18-10-15(26)8-13(2)22(18)33-23(16)25/h4-5,8-12H,3,6-7H2,1-2H3,(H,30,31)(H,27,28,29). The van der Waals surface area contributed by atoms with Crippen LogP contribution in [0.3, 0.4) is 0 Å². The Morgan fingerprint density at radius 1 is 1.24 bits per heavy atom. The molecule has 0 amide bonds. The zero-order valence-electron chi connectivity index (χ0n) is 18.0. The van der Waals surface area contributed by atoms with Crippen LogP contribution in [-0.2, 0) is 6.42 Å². The van der Waals surface area contributed by atoms with E-state index in [1.54, 1.807) is 25.1 Å². The van der Waals surface area contributed by atoms with Crippen LogP contribution in [-0.4, -0.2) is 34.2 Å². The number of nitrogens with one attached hydrogen (secondary N) is 1. The van der Waals surface area contributed by atoms with Crippen molar-refractivity contribution < 1.29 is 19.0 Å². The van der Waals surface area contributed by atoms with E-state index in [1.165, 1.54) is 35.9 Å². The van der Waals surface area contributed by atoms with Gasteiger partial charge in [0.25, 0.3) is 0 Å². The second-order valence-corrected chi connectivity index (χ2v) is 8.99. The smallest absolute Gasteiger partial charge is 0.339 e. The number of aryl methyl sites for hydroxylation is 1. The van der Waals surface area contributed by atoms with E-state index in [0.29, 0.717) is 41.0 Å². The fourth-order valence-corrected chi connectivity index (χ4v) is 5.09. The molecule has 0 atom stereocenters. The molecule has 0 aliphatic carbocycles. The minimum absolute atomic E-state index is 0.0968. The Bertz CT molecular complexity index is 1340. The Morgan fingerprint density at radius 2 is 2.06 bits per heavy atom. The highest BCUT2D eigenvalue weighted by atomic mass is 35.5. The van der Waals surface area contributed by atoms with E-state index in [2.05, 4.69) is 15.3 Å². The Hall–Kier alpha value is -3.23. The van der Waals surface area contributed by atoms with Gasteiger partial charge < -0.3 is 15.2 Å². The fourth-order valence-electron chi connectivity index (χ4n) is 3.64. The molecule has 0 fully saturated rings. The number of nitrogens with zero attached hydrogens (tertiary/aromatic N) is 2. The molecule has 0 unspecified atom stereocenters. The van der Waals surface area contributed by atoms with E-state index in [4.69, 9.17) is 16.3 Å². The van der Waals surface area contributed by atoms with Gasteiger partial charge in [-0.25, -0.2) is 19.2 Å². The number of fused-ring (bicyclic) bond motifs is 1. The molecule has 33 heavy (non-hydrogen) atoms. The first-order valence-corrected chi connectivity index (χ1v) is 11.5. The van der Waals surface area contributed by atoms with Gasteiger partial charge in [0.15, 0.2) is 0 Å². The maximum atomic E-state index is 13.9. The van der Waals surface area contributed by atoms with Gasteiger partial charge in [-0.05, 0) is 55.7 Å². The molecular formula is C24H21ClFN3O3S. The number of rotatable bonds is 8. The van der Waals surface area contributed by atoms with Gasteiger partial charge in [0.05, 0.1) is 16.6 Å². The molecule has 9 heteroatoms. The first kappa shape index (κ1) is 22.9. The Labute approximate surface area is 199 Å². The lowest BCUT2D eigenvalue weighted by Gasteiger charge is -2.11. The number of anilines is 1. The van der Waals surface area contributed by atoms with Gasteiger partial charge in [-0.15, -0.1) is 11.3 Å². The molecule has 0 bridgehead atoms. The minimum atomic E-state index is -1.05. The average Bonchev–Trinajstić information content (AvgIpc) is 3.10. The van der Waals surface area contributed by atoms with Crippen LogP contribution in [0.5, 0.6) is 5.75 Å². The maximum Gasteiger partial charge on any atom is 0.339 e. The minimum Gasteiger partial charge on any atom is -0.493 e. The molecule has 0 saturated heterocycles. The van der Waals surface area contributed by atoms with Gasteiger partial charge in [-0.2, -0.15) is 0 Å². The van der Waals surface area contributed by atoms with Crippen LogP contribution in [0.15, 0.2) is 42.7 Å². The predicted molar refractivity (Wildman–Crippen MR) is 129 cm³/mol. The molecule has 0 saturated carbocycles. The number of benzene rings is 2. The van der Waals surface area contributed by atoms with Gasteiger partial charge in [0, 0.05) is 28.3 Å². The van der Waals surface area contributed by atoms with Crippen LogP contribution in [0.2, 0.25) is 4.34 Å². The van der Waals surface area contributed by atoms with Crippen molar-refractivity contribution in [3.63, 3.8) is 0 Å². The molecular weight excluding hydrogens is 465 g/mol. The van der Waals surface area contributed by atoms with Crippen molar-refractivity contribution in [1.29, 1.82) is 0 Å². The van der Waals surface area contributed by atoms with Crippen LogP contribution in [0, 0.1) is 12.7 Å². The largest absolute Gasteiger partial charge is 0.493 e. The van der Waals surface area contributed by atoms with Gasteiger partial charge in [-0.1, -0.05) is 17.7 Å². The number of hydrogen-bond acceptors (Lipinski definition) is 6. The van der Waals surface area contributed by atoms with Crippen molar-refractivity contribution >= 4 is 44.8 Å². The Kier molecular flexibility index (Phi) is 6.76. The van der Waals surface area contributed by atoms with Crippen molar-refractivity contribution in [3.05, 3.63) is 69.6 Å². The van der Waals surface area contributed by atoms with Gasteiger partial charge in [0.1, 0.15) is 29.3 Å². The molecule has 2 N–H and O–H groups in total. The molecule has 4 aromatic rings. The quantitative estimate of drug-likeness (QED) is 0.308. The summed E-state index contributed by atoms with van der Waals surface area (Å²) in [5.74, 6) is -0.426. The molecule has 2 aromatic carbocycles. The maximum absolute atomic E-state index is 13.9. The monoisotopic (exact) mass is 485 g/mol. The number of carbonyl (C=O) groups is 1. The van der Waals surface area contributed by atoms with Crippen molar-refractivity contribution in [3.8, 4) is 17.0 Å². The fraction of sp³-hybridized carbons (Fsp3) is 0.208. The van der Waals surface area contributed by atoms with Crippen LogP contribution in [0.1, 0.15) is 28.4 Å². The van der Waals surface area contributed by atoms with E-state index in [-0.39, 0.29) is 17.1 Å². The third kappa shape index (κ3) is 4.91. The summed E-state index contributed by atoms with van der Waals surface area (Å²) in [7, 11) is 0. The van der Waals surface area contributed by atoms with Crippen molar-refractivity contribution in [2.75, 3.05) is 18.5 Å². The summed E-state index contributed by atoms with van der Waals surface area (Å²) >= 11 is 7.90. The summed E-state index contributed by atoms with van der Waals surface area (Å²) in [5.41, 5.74) is 3.22. The predicted octanol–water partition coefficient (Wildman–Crippen LogP) is 6.21. The number of carboxylic acids is 1. The highest BCUT2D eigenvalue weighted by Crippen LogP contribution is 2.38. The van der Waals surface area contributed by atoms with E-state index in [9.17, 15) is 14.3 Å². The Balaban J connectivity index is 1.52. The van der Waals surface area contributed by atoms with E-state index < -0.39 is 5.97 Å². The summed E-state index contributed by atoms with van der Waals surface area (Å²) in [6.45, 7) is 4.57. The third-order valence-corrected chi connectivity index (χ3v) is 6.78. The summed E-state index contributed by atoms with van der Waals surface area (Å²) < 4.78 is 21.0. The summed E-state index contributed by atoms with van der Waals surface area (Å²) in [6.07, 6.45) is 2.04. The molecule has 2 aromatic heterocycles. The lowest BCUT2D eigenvalue weighted by atomic mass is 10.1. The normalized spacial score (nSPS) is 11.0. The summed E-state index contributed by atoms with van der Waals surface area (Å²) in [5, 5.41) is 13.4. The van der Waals surface area contributed by atoms with Crippen molar-refractivity contribution in [2.24, 2.45) is 0 Å². The van der Waals surface area contributed by atoms with Gasteiger partial charge in [-0.3, -0.25) is 0 Å². The first-order chi connectivity index (χ1) is 15.9. The number of hydrogen-bond donors (Lipinski definition) is 2. The van der Waals surface area contributed by atoms with Crippen LogP contribution >= 0.6 is 22.9 Å². The molecule has 0 spiro atoms. The van der Waals surface area contributed by atoms with Crippen LogP contribution < -0.4 is 10.1 Å². The lowest BCUT2D eigenvalue weighted by Crippen LogP contribution is -2.07. The zero-order valence-corrected chi connectivity index (χ0v) is 19.6. The zero-order chi connectivity index (χ0) is 23.5. The number of aromatic nitrogens is 2. The number of thiophene rings is 1. The number of halogens is 2. The first-order valence-electron chi connectivity index (χ1n) is 10.3. The lowest BCUT2D eigenvalue weighted by molar-refractivity contribution is 0.0692. The van der Waals surface area contributed by atoms with E-state index in [0.717, 1.165) is 21.2 Å². The number of ether oxygens (including phenoxy) is 1. The highest BCUT2D eigenvalue weighted by Gasteiger charge is 2.15. The summed E-state index contributed by atoms with van der Waals surface area (Å²) in [4.78, 5) is 20.0. The average molecular weight is 486 g/mol. The molecule has 4 rings (SSSR count). The molecule has 0 aliphatic rings. The molecule has 6 nitrogen and oxygen atoms in total. The molecule has 0 radical (unpaired) electrons. The summed E-state index contributed by atoms with van der Waals surface area (Å²) in [6, 6.07) is 9.67. The van der Waals surface area contributed by atoms with Gasteiger partial charge >= 0.3 is 5.97 Å². The van der Waals surface area contributed by atoms with E-state index in [1.807, 2.05) is 6.92 Å². The van der Waals surface area contributed by atoms with Gasteiger partial charge in [0.2, 0.25) is 0 Å². The second-order valence-electron chi connectivity index (χ2n) is 7.37. The second kappa shape index (κ2) is 9.72. The van der Waals surface area contributed by atoms with Crippen LogP contribution in [0.4, 0.5) is 10.2 Å². The Morgan fingerprint density at radius 3 is 2.82 bits per heavy atom. The SMILES string of the molecule is CCOc1cc(-c2cc(NCCc3c(Cl)sc4c(C)cc(F)cc34)ncn2)ccc1C(=O)O. The van der Waals surface area contributed by atoms with Crippen LogP contribution in [0.25, 0.3) is 21.3 Å². The number of carboxylic acid groups (broad SMARTS) is 1. The topological polar surface area (TPSA) is 84.3 Å². The highest BCUT2D eigenvalue weighted by molar-refractivity contribution is 7.23. The molecule has 2 heterocycles. The van der Waals surface area contributed by atoms with Crippen molar-refractivity contribution in [1.82, 2.24) is 9.97 Å². The van der Waals surface area contributed by atoms with E-state index >= 15 is 0 Å². The number of aromatic carboxylic acids is 1. The third-order valence-electron chi connectivity index (χ3n) is 5.15. The van der Waals surface area contributed by atoms with Crippen molar-refractivity contribution in [2.45, 2.75) is 20.3 Å². The molecule has 170 valence electrons. The molecule has 0 aliphatic heterocycles.